The van der Waals surface area contributed by atoms with E-state index in [1.54, 1.807) is 6.33 Å². The molecule has 1 N–H and O–H groups in total. The van der Waals surface area contributed by atoms with Crippen molar-refractivity contribution in [2.24, 2.45) is 5.92 Å². The number of ether oxygens (including phenoxy) is 1. The highest BCUT2D eigenvalue weighted by molar-refractivity contribution is 6.33. The van der Waals surface area contributed by atoms with Gasteiger partial charge < -0.3 is 9.84 Å². The second kappa shape index (κ2) is 4.46. The Morgan fingerprint density at radius 1 is 1.50 bits per heavy atom. The SMILES string of the molecule is CC1CC(CO)OC1n1cnc2c(Cl)ncnc21. The van der Waals surface area contributed by atoms with Crippen LogP contribution >= 0.6 is 11.6 Å². The van der Waals surface area contributed by atoms with E-state index in [2.05, 4.69) is 21.9 Å². The van der Waals surface area contributed by atoms with E-state index in [0.717, 1.165) is 6.42 Å². The van der Waals surface area contributed by atoms with Crippen LogP contribution in [-0.4, -0.2) is 37.3 Å². The van der Waals surface area contributed by atoms with Crippen molar-refractivity contribution in [1.29, 1.82) is 0 Å². The monoisotopic (exact) mass is 268 g/mol. The first-order valence-electron chi connectivity index (χ1n) is 5.80. The molecule has 1 aliphatic rings. The molecule has 1 fully saturated rings. The van der Waals surface area contributed by atoms with Gasteiger partial charge in [-0.05, 0) is 6.42 Å². The zero-order chi connectivity index (χ0) is 12.7. The highest BCUT2D eigenvalue weighted by Crippen LogP contribution is 2.35. The Labute approximate surface area is 109 Å². The van der Waals surface area contributed by atoms with Crippen molar-refractivity contribution in [3.63, 3.8) is 0 Å². The summed E-state index contributed by atoms with van der Waals surface area (Å²) < 4.78 is 7.64. The number of halogens is 1. The van der Waals surface area contributed by atoms with E-state index < -0.39 is 0 Å². The summed E-state index contributed by atoms with van der Waals surface area (Å²) in [5.41, 5.74) is 1.23. The lowest BCUT2D eigenvalue weighted by molar-refractivity contribution is -0.0294. The fourth-order valence-corrected chi connectivity index (χ4v) is 2.56. The minimum absolute atomic E-state index is 0.0310. The standard InChI is InChI=1S/C11H13ClN4O2/c1-6-2-7(3-17)18-11(6)16-5-15-8-9(12)13-4-14-10(8)16/h4-7,11,17H,2-3H2,1H3. The number of aliphatic hydroxyl groups excluding tert-OH is 1. The van der Waals surface area contributed by atoms with Gasteiger partial charge in [0.25, 0.3) is 0 Å². The molecule has 2 aromatic heterocycles. The van der Waals surface area contributed by atoms with Crippen molar-refractivity contribution in [3.05, 3.63) is 17.8 Å². The van der Waals surface area contributed by atoms with Gasteiger partial charge in [0.2, 0.25) is 0 Å². The fourth-order valence-electron chi connectivity index (χ4n) is 2.38. The van der Waals surface area contributed by atoms with E-state index in [4.69, 9.17) is 21.4 Å². The van der Waals surface area contributed by atoms with Crippen molar-refractivity contribution < 1.29 is 9.84 Å². The summed E-state index contributed by atoms with van der Waals surface area (Å²) in [5, 5.41) is 9.50. The summed E-state index contributed by atoms with van der Waals surface area (Å²) in [7, 11) is 0. The number of aromatic nitrogens is 4. The third-order valence-electron chi connectivity index (χ3n) is 3.25. The third kappa shape index (κ3) is 1.77. The molecule has 6 nitrogen and oxygen atoms in total. The van der Waals surface area contributed by atoms with Crippen LogP contribution in [0.15, 0.2) is 12.7 Å². The number of imidazole rings is 1. The van der Waals surface area contributed by atoms with Crippen molar-refractivity contribution in [2.75, 3.05) is 6.61 Å². The van der Waals surface area contributed by atoms with Gasteiger partial charge in [-0.3, -0.25) is 4.57 Å². The number of fused-ring (bicyclic) bond motifs is 1. The maximum Gasteiger partial charge on any atom is 0.166 e. The van der Waals surface area contributed by atoms with Crippen LogP contribution in [-0.2, 0) is 4.74 Å². The molecule has 3 heterocycles. The summed E-state index contributed by atoms with van der Waals surface area (Å²) in [4.78, 5) is 12.3. The fraction of sp³-hybridized carbons (Fsp3) is 0.545. The van der Waals surface area contributed by atoms with E-state index in [1.165, 1.54) is 6.33 Å². The molecule has 0 spiro atoms. The Bertz CT molecular complexity index is 573. The number of hydrogen-bond donors (Lipinski definition) is 1. The summed E-state index contributed by atoms with van der Waals surface area (Å²) in [6.45, 7) is 2.11. The number of aliphatic hydroxyl groups is 1. The molecule has 1 saturated heterocycles. The van der Waals surface area contributed by atoms with Crippen molar-refractivity contribution in [2.45, 2.75) is 25.7 Å². The van der Waals surface area contributed by atoms with Gasteiger partial charge in [-0.2, -0.15) is 0 Å². The molecule has 0 saturated carbocycles. The summed E-state index contributed by atoms with van der Waals surface area (Å²) in [6, 6.07) is 0. The van der Waals surface area contributed by atoms with Gasteiger partial charge in [0.15, 0.2) is 10.8 Å². The Balaban J connectivity index is 2.02. The molecule has 0 aromatic carbocycles. The second-order valence-corrected chi connectivity index (χ2v) is 4.89. The molecule has 3 atom stereocenters. The van der Waals surface area contributed by atoms with Crippen LogP contribution in [0.25, 0.3) is 11.2 Å². The summed E-state index contributed by atoms with van der Waals surface area (Å²) in [6.07, 6.45) is 3.59. The number of nitrogens with zero attached hydrogens (tertiary/aromatic N) is 4. The first-order valence-corrected chi connectivity index (χ1v) is 6.18. The Morgan fingerprint density at radius 2 is 2.33 bits per heavy atom. The second-order valence-electron chi connectivity index (χ2n) is 4.53. The van der Waals surface area contributed by atoms with Crippen molar-refractivity contribution in [3.8, 4) is 0 Å². The minimum Gasteiger partial charge on any atom is -0.394 e. The van der Waals surface area contributed by atoms with Gasteiger partial charge in [-0.25, -0.2) is 15.0 Å². The normalized spacial score (nSPS) is 28.1. The zero-order valence-corrected chi connectivity index (χ0v) is 10.6. The van der Waals surface area contributed by atoms with Gasteiger partial charge >= 0.3 is 0 Å². The molecule has 0 radical (unpaired) electrons. The third-order valence-corrected chi connectivity index (χ3v) is 3.52. The lowest BCUT2D eigenvalue weighted by atomic mass is 10.1. The first-order chi connectivity index (χ1) is 8.70. The molecule has 0 bridgehead atoms. The van der Waals surface area contributed by atoms with Gasteiger partial charge in [0.1, 0.15) is 18.1 Å². The average Bonchev–Trinajstić information content (AvgIpc) is 2.93. The van der Waals surface area contributed by atoms with Crippen LogP contribution < -0.4 is 0 Å². The van der Waals surface area contributed by atoms with E-state index in [9.17, 15) is 0 Å². The Hall–Kier alpha value is -1.24. The first kappa shape index (κ1) is 11.8. The van der Waals surface area contributed by atoms with Gasteiger partial charge in [-0.15, -0.1) is 0 Å². The highest BCUT2D eigenvalue weighted by atomic mass is 35.5. The minimum atomic E-state index is -0.168. The molecule has 2 aromatic rings. The van der Waals surface area contributed by atoms with Crippen LogP contribution in [0.1, 0.15) is 19.6 Å². The predicted octanol–water partition coefficient (Wildman–Crippen LogP) is 1.40. The molecule has 96 valence electrons. The quantitative estimate of drug-likeness (QED) is 0.834. The topological polar surface area (TPSA) is 73.1 Å². The molecule has 0 amide bonds. The summed E-state index contributed by atoms with van der Waals surface area (Å²) >= 11 is 5.96. The largest absolute Gasteiger partial charge is 0.394 e. The molecule has 0 aliphatic carbocycles. The predicted molar refractivity (Wildman–Crippen MR) is 65.1 cm³/mol. The molecule has 18 heavy (non-hydrogen) atoms. The van der Waals surface area contributed by atoms with Gasteiger partial charge in [-0.1, -0.05) is 18.5 Å². The van der Waals surface area contributed by atoms with Crippen molar-refractivity contribution in [1.82, 2.24) is 19.5 Å². The smallest absolute Gasteiger partial charge is 0.166 e. The van der Waals surface area contributed by atoms with E-state index in [1.807, 2.05) is 4.57 Å². The molecular formula is C11H13ClN4O2. The van der Waals surface area contributed by atoms with Crippen molar-refractivity contribution >= 4 is 22.8 Å². The maximum absolute atomic E-state index is 9.16. The van der Waals surface area contributed by atoms with Crippen LogP contribution in [0.5, 0.6) is 0 Å². The summed E-state index contributed by atoms with van der Waals surface area (Å²) in [5.74, 6) is 0.285. The van der Waals surface area contributed by atoms with E-state index >= 15 is 0 Å². The lowest BCUT2D eigenvalue weighted by Gasteiger charge is -2.17. The van der Waals surface area contributed by atoms with Crippen LogP contribution in [0.4, 0.5) is 0 Å². The Kier molecular flexibility index (Phi) is 2.93. The van der Waals surface area contributed by atoms with Crippen LogP contribution in [0, 0.1) is 5.92 Å². The lowest BCUT2D eigenvalue weighted by Crippen LogP contribution is -2.15. The van der Waals surface area contributed by atoms with Crippen LogP contribution in [0.3, 0.4) is 0 Å². The maximum atomic E-state index is 9.16. The van der Waals surface area contributed by atoms with Gasteiger partial charge in [0, 0.05) is 5.92 Å². The number of rotatable bonds is 2. The van der Waals surface area contributed by atoms with Gasteiger partial charge in [0.05, 0.1) is 19.0 Å². The Morgan fingerprint density at radius 3 is 3.06 bits per heavy atom. The molecule has 3 rings (SSSR count). The molecular weight excluding hydrogens is 256 g/mol. The van der Waals surface area contributed by atoms with E-state index in [-0.39, 0.29) is 24.9 Å². The molecule has 7 heteroatoms. The molecule has 1 aliphatic heterocycles. The molecule has 3 unspecified atom stereocenters. The van der Waals surface area contributed by atoms with Crippen LogP contribution in [0.2, 0.25) is 5.15 Å². The highest BCUT2D eigenvalue weighted by Gasteiger charge is 2.34. The average molecular weight is 269 g/mol. The van der Waals surface area contributed by atoms with E-state index in [0.29, 0.717) is 16.3 Å². The zero-order valence-electron chi connectivity index (χ0n) is 9.82. The number of hydrogen-bond acceptors (Lipinski definition) is 5.